The molecule has 1 aliphatic heterocycles. The Kier molecular flexibility index (Phi) is 3.25. The molecular weight excluding hydrogens is 247 g/mol. The first kappa shape index (κ1) is 12.9. The summed E-state index contributed by atoms with van der Waals surface area (Å²) in [5.41, 5.74) is -0.649. The van der Waals surface area contributed by atoms with Crippen LogP contribution in [0.15, 0.2) is 6.07 Å². The molecule has 0 fully saturated rings. The fourth-order valence-corrected chi connectivity index (χ4v) is 3.22. The van der Waals surface area contributed by atoms with Crippen LogP contribution >= 0.6 is 11.3 Å². The van der Waals surface area contributed by atoms with Gasteiger partial charge in [0.05, 0.1) is 5.41 Å². The van der Waals surface area contributed by atoms with Crippen LogP contribution in [-0.4, -0.2) is 19.3 Å². The van der Waals surface area contributed by atoms with Crippen LogP contribution in [0.5, 0.6) is 0 Å². The number of rotatable bonds is 1. The van der Waals surface area contributed by atoms with Gasteiger partial charge in [-0.3, -0.25) is 0 Å². The highest BCUT2D eigenvalue weighted by molar-refractivity contribution is 7.12. The Hall–Kier alpha value is -0.550. The molecule has 1 aromatic rings. The van der Waals surface area contributed by atoms with Crippen LogP contribution in [0.2, 0.25) is 0 Å². The average Bonchev–Trinajstić information content (AvgIpc) is 2.49. The molecule has 1 aromatic heterocycles. The molecule has 0 saturated heterocycles. The van der Waals surface area contributed by atoms with Gasteiger partial charge in [0, 0.05) is 9.75 Å². The van der Waals surface area contributed by atoms with E-state index in [2.05, 4.69) is 5.32 Å². The number of alkyl halides is 3. The first-order valence-electron chi connectivity index (χ1n) is 5.72. The molecule has 0 saturated carbocycles. The van der Waals surface area contributed by atoms with Gasteiger partial charge < -0.3 is 5.32 Å². The van der Waals surface area contributed by atoms with Gasteiger partial charge in [0.25, 0.3) is 0 Å². The molecule has 2 rings (SSSR count). The van der Waals surface area contributed by atoms with E-state index in [-0.39, 0.29) is 0 Å². The Labute approximate surface area is 103 Å². The van der Waals surface area contributed by atoms with Gasteiger partial charge in [-0.1, -0.05) is 0 Å². The Morgan fingerprint density at radius 2 is 1.82 bits per heavy atom. The summed E-state index contributed by atoms with van der Waals surface area (Å²) in [6.07, 6.45) is -2.51. The number of fused-ring (bicyclic) bond motifs is 1. The Balaban J connectivity index is 2.35. The highest BCUT2D eigenvalue weighted by Crippen LogP contribution is 2.44. The van der Waals surface area contributed by atoms with E-state index in [9.17, 15) is 13.2 Å². The van der Waals surface area contributed by atoms with Gasteiger partial charge in [0.2, 0.25) is 0 Å². The number of thiophene rings is 1. The quantitative estimate of drug-likeness (QED) is 0.820. The van der Waals surface area contributed by atoms with E-state index in [0.29, 0.717) is 4.88 Å². The number of halogens is 3. The van der Waals surface area contributed by atoms with Gasteiger partial charge >= 0.3 is 6.18 Å². The second-order valence-electron chi connectivity index (χ2n) is 4.93. The molecule has 0 radical (unpaired) electrons. The van der Waals surface area contributed by atoms with Gasteiger partial charge in [-0.15, -0.1) is 11.3 Å². The predicted octanol–water partition coefficient (Wildman–Crippen LogP) is 3.28. The van der Waals surface area contributed by atoms with E-state index in [1.165, 1.54) is 25.2 Å². The van der Waals surface area contributed by atoms with Crippen LogP contribution < -0.4 is 5.32 Å². The van der Waals surface area contributed by atoms with Crippen molar-refractivity contribution in [3.05, 3.63) is 21.4 Å². The predicted molar refractivity (Wildman–Crippen MR) is 63.7 cm³/mol. The minimum Gasteiger partial charge on any atom is -0.316 e. The third-order valence-electron chi connectivity index (χ3n) is 3.32. The van der Waals surface area contributed by atoms with Crippen molar-refractivity contribution in [2.45, 2.75) is 38.3 Å². The molecule has 0 amide bonds. The largest absolute Gasteiger partial charge is 0.398 e. The lowest BCUT2D eigenvalue weighted by Gasteiger charge is -2.26. The SMILES string of the molecule is CC(C)(c1cc2c(s1)CCNCC2)C(F)(F)F. The van der Waals surface area contributed by atoms with Crippen LogP contribution in [-0.2, 0) is 18.3 Å². The monoisotopic (exact) mass is 263 g/mol. The molecule has 0 unspecified atom stereocenters. The summed E-state index contributed by atoms with van der Waals surface area (Å²) in [5, 5.41) is 3.25. The van der Waals surface area contributed by atoms with E-state index in [1.807, 2.05) is 0 Å². The van der Waals surface area contributed by atoms with Crippen molar-refractivity contribution >= 4 is 11.3 Å². The maximum absolute atomic E-state index is 13.0. The molecule has 0 bridgehead atoms. The average molecular weight is 263 g/mol. The second-order valence-corrected chi connectivity index (χ2v) is 6.07. The molecule has 1 N–H and O–H groups in total. The van der Waals surface area contributed by atoms with Gasteiger partial charge in [-0.25, -0.2) is 0 Å². The summed E-state index contributed by atoms with van der Waals surface area (Å²) in [4.78, 5) is 1.55. The smallest absolute Gasteiger partial charge is 0.316 e. The summed E-state index contributed by atoms with van der Waals surface area (Å²) < 4.78 is 38.9. The van der Waals surface area contributed by atoms with Crippen LogP contribution in [0.25, 0.3) is 0 Å². The topological polar surface area (TPSA) is 12.0 Å². The summed E-state index contributed by atoms with van der Waals surface area (Å²) >= 11 is 1.32. The van der Waals surface area contributed by atoms with Crippen molar-refractivity contribution < 1.29 is 13.2 Å². The fourth-order valence-electron chi connectivity index (χ4n) is 1.89. The van der Waals surface area contributed by atoms with Crippen molar-refractivity contribution in [2.75, 3.05) is 13.1 Å². The molecule has 5 heteroatoms. The Morgan fingerprint density at radius 1 is 1.18 bits per heavy atom. The first-order chi connectivity index (χ1) is 7.82. The zero-order valence-corrected chi connectivity index (χ0v) is 10.8. The molecule has 0 aliphatic carbocycles. The Morgan fingerprint density at radius 3 is 2.47 bits per heavy atom. The van der Waals surface area contributed by atoms with E-state index in [1.54, 1.807) is 6.07 Å². The third kappa shape index (κ3) is 2.36. The molecule has 96 valence electrons. The van der Waals surface area contributed by atoms with E-state index in [0.717, 1.165) is 36.4 Å². The van der Waals surface area contributed by atoms with Crippen molar-refractivity contribution in [1.29, 1.82) is 0 Å². The summed E-state index contributed by atoms with van der Waals surface area (Å²) in [5.74, 6) is 0. The highest BCUT2D eigenvalue weighted by atomic mass is 32.1. The van der Waals surface area contributed by atoms with Gasteiger partial charge in [-0.05, 0) is 51.4 Å². The van der Waals surface area contributed by atoms with Crippen LogP contribution in [0.4, 0.5) is 13.2 Å². The molecule has 1 nitrogen and oxygen atoms in total. The molecule has 17 heavy (non-hydrogen) atoms. The lowest BCUT2D eigenvalue weighted by molar-refractivity contribution is -0.179. The van der Waals surface area contributed by atoms with Crippen molar-refractivity contribution in [3.63, 3.8) is 0 Å². The van der Waals surface area contributed by atoms with Crippen molar-refractivity contribution in [1.82, 2.24) is 5.32 Å². The molecular formula is C12H16F3NS. The number of hydrogen-bond donors (Lipinski definition) is 1. The van der Waals surface area contributed by atoms with Gasteiger partial charge in [-0.2, -0.15) is 13.2 Å². The number of nitrogens with one attached hydrogen (secondary N) is 1. The normalized spacial score (nSPS) is 17.7. The lowest BCUT2D eigenvalue weighted by atomic mass is 9.90. The van der Waals surface area contributed by atoms with E-state index >= 15 is 0 Å². The second kappa shape index (κ2) is 4.28. The van der Waals surface area contributed by atoms with Crippen molar-refractivity contribution in [2.24, 2.45) is 0 Å². The molecule has 0 atom stereocenters. The maximum atomic E-state index is 13.0. The van der Waals surface area contributed by atoms with Crippen LogP contribution in [0.1, 0.15) is 29.2 Å². The summed E-state index contributed by atoms with van der Waals surface area (Å²) in [7, 11) is 0. The van der Waals surface area contributed by atoms with Crippen molar-refractivity contribution in [3.8, 4) is 0 Å². The van der Waals surface area contributed by atoms with Gasteiger partial charge in [0.15, 0.2) is 0 Å². The summed E-state index contributed by atoms with van der Waals surface area (Å²) in [6, 6.07) is 1.75. The minimum absolute atomic E-state index is 0.442. The highest BCUT2D eigenvalue weighted by Gasteiger charge is 2.49. The summed E-state index contributed by atoms with van der Waals surface area (Å²) in [6.45, 7) is 4.24. The van der Waals surface area contributed by atoms with Crippen LogP contribution in [0, 0.1) is 0 Å². The fraction of sp³-hybridized carbons (Fsp3) is 0.667. The third-order valence-corrected chi connectivity index (χ3v) is 4.88. The molecule has 2 heterocycles. The zero-order valence-electron chi connectivity index (χ0n) is 9.95. The Bertz CT molecular complexity index is 383. The standard InChI is InChI=1S/C12H16F3NS/c1-11(2,12(13,14)15)10-7-8-3-5-16-6-4-9(8)17-10/h7,16H,3-6H2,1-2H3. The maximum Gasteiger partial charge on any atom is 0.398 e. The molecule has 1 aliphatic rings. The lowest BCUT2D eigenvalue weighted by Crippen LogP contribution is -2.35. The molecule has 0 aromatic carbocycles. The van der Waals surface area contributed by atoms with Crippen LogP contribution in [0.3, 0.4) is 0 Å². The number of hydrogen-bond acceptors (Lipinski definition) is 2. The molecule has 0 spiro atoms. The first-order valence-corrected chi connectivity index (χ1v) is 6.53. The van der Waals surface area contributed by atoms with E-state index in [4.69, 9.17) is 0 Å². The van der Waals surface area contributed by atoms with E-state index < -0.39 is 11.6 Å². The zero-order chi connectivity index (χ0) is 12.7. The van der Waals surface area contributed by atoms with Gasteiger partial charge in [0.1, 0.15) is 0 Å². The minimum atomic E-state index is -4.19.